The van der Waals surface area contributed by atoms with E-state index in [0.29, 0.717) is 6.54 Å². The highest BCUT2D eigenvalue weighted by Gasteiger charge is 2.26. The maximum atomic E-state index is 10.9. The van der Waals surface area contributed by atoms with Gasteiger partial charge in [-0.1, -0.05) is 55.7 Å². The van der Waals surface area contributed by atoms with Gasteiger partial charge in [-0.25, -0.2) is 0 Å². The van der Waals surface area contributed by atoms with Crippen LogP contribution in [0.5, 0.6) is 0 Å². The highest BCUT2D eigenvalue weighted by molar-refractivity contribution is 6.07. The van der Waals surface area contributed by atoms with Crippen LogP contribution in [0.2, 0.25) is 0 Å². The standard InChI is InChI=1S/C25H33N3O/c29-21(18-26-14-16-27(17-15-26)20-8-2-1-3-9-20)19-28-24-12-6-4-10-22(24)23-11-5-7-13-25(23)28/h4-7,10-13,20-21,29H,1-3,8-9,14-19H2/t21-/m1/s1. The molecule has 1 atom stereocenters. The number of β-amino-alcohol motifs (C(OH)–C–C–N with tert-alkyl or cyclic N) is 1. The molecule has 0 bridgehead atoms. The summed E-state index contributed by atoms with van der Waals surface area (Å²) in [5.74, 6) is 0. The fourth-order valence-corrected chi connectivity index (χ4v) is 5.52. The third-order valence-corrected chi connectivity index (χ3v) is 7.04. The molecule has 2 aromatic carbocycles. The van der Waals surface area contributed by atoms with Crippen molar-refractivity contribution in [1.82, 2.24) is 14.4 Å². The number of rotatable bonds is 5. The van der Waals surface area contributed by atoms with Crippen molar-refractivity contribution in [3.05, 3.63) is 48.5 Å². The molecule has 0 radical (unpaired) electrons. The van der Waals surface area contributed by atoms with Crippen molar-refractivity contribution in [2.45, 2.75) is 50.8 Å². The summed E-state index contributed by atoms with van der Waals surface area (Å²) >= 11 is 0. The first-order valence-electron chi connectivity index (χ1n) is 11.4. The van der Waals surface area contributed by atoms with Crippen LogP contribution >= 0.6 is 0 Å². The zero-order chi connectivity index (χ0) is 19.6. The first-order valence-corrected chi connectivity index (χ1v) is 11.4. The van der Waals surface area contributed by atoms with Crippen molar-refractivity contribution in [2.75, 3.05) is 32.7 Å². The molecule has 1 saturated carbocycles. The van der Waals surface area contributed by atoms with Crippen molar-refractivity contribution in [3.8, 4) is 0 Å². The Balaban J connectivity index is 1.24. The topological polar surface area (TPSA) is 31.6 Å². The normalized spacial score (nSPS) is 21.1. The van der Waals surface area contributed by atoms with Crippen LogP contribution in [0.15, 0.2) is 48.5 Å². The van der Waals surface area contributed by atoms with E-state index in [1.54, 1.807) is 0 Å². The van der Waals surface area contributed by atoms with Crippen molar-refractivity contribution < 1.29 is 5.11 Å². The maximum absolute atomic E-state index is 10.9. The van der Waals surface area contributed by atoms with Gasteiger partial charge in [-0.2, -0.15) is 0 Å². The average molecular weight is 392 g/mol. The number of nitrogens with zero attached hydrogens (tertiary/aromatic N) is 3. The lowest BCUT2D eigenvalue weighted by Crippen LogP contribution is -2.52. The summed E-state index contributed by atoms with van der Waals surface area (Å²) in [6.45, 7) is 5.90. The number of hydrogen-bond acceptors (Lipinski definition) is 3. The Kier molecular flexibility index (Phi) is 5.58. The summed E-state index contributed by atoms with van der Waals surface area (Å²) in [5.41, 5.74) is 2.43. The molecule has 1 aliphatic heterocycles. The minimum Gasteiger partial charge on any atom is -0.390 e. The summed E-state index contributed by atoms with van der Waals surface area (Å²) in [6, 6.07) is 17.9. The van der Waals surface area contributed by atoms with Crippen molar-refractivity contribution >= 4 is 21.8 Å². The molecule has 1 N–H and O–H groups in total. The Morgan fingerprint density at radius 3 is 1.97 bits per heavy atom. The molecule has 2 aliphatic rings. The molecular formula is C25H33N3O. The van der Waals surface area contributed by atoms with E-state index in [1.165, 1.54) is 53.9 Å². The number of aliphatic hydroxyl groups excluding tert-OH is 1. The highest BCUT2D eigenvalue weighted by Crippen LogP contribution is 2.29. The smallest absolute Gasteiger partial charge is 0.0845 e. The molecule has 1 aromatic heterocycles. The van der Waals surface area contributed by atoms with Crippen LogP contribution in [0.1, 0.15) is 32.1 Å². The van der Waals surface area contributed by atoms with Crippen LogP contribution in [0, 0.1) is 0 Å². The average Bonchev–Trinajstić information content (AvgIpc) is 3.09. The number of aliphatic hydroxyl groups is 1. The lowest BCUT2D eigenvalue weighted by molar-refractivity contribution is 0.0435. The largest absolute Gasteiger partial charge is 0.390 e. The quantitative estimate of drug-likeness (QED) is 0.710. The Hall–Kier alpha value is -1.88. The zero-order valence-electron chi connectivity index (χ0n) is 17.3. The Bertz CT molecular complexity index is 898. The molecule has 1 aliphatic carbocycles. The molecule has 0 unspecified atom stereocenters. The molecular weight excluding hydrogens is 358 g/mol. The Morgan fingerprint density at radius 2 is 1.34 bits per heavy atom. The number of aromatic nitrogens is 1. The fraction of sp³-hybridized carbons (Fsp3) is 0.520. The molecule has 29 heavy (non-hydrogen) atoms. The second kappa shape index (κ2) is 8.47. The Morgan fingerprint density at radius 1 is 0.759 bits per heavy atom. The maximum Gasteiger partial charge on any atom is 0.0845 e. The molecule has 1 saturated heterocycles. The number of para-hydroxylation sites is 2. The van der Waals surface area contributed by atoms with E-state index >= 15 is 0 Å². The molecule has 5 rings (SSSR count). The monoisotopic (exact) mass is 391 g/mol. The lowest BCUT2D eigenvalue weighted by atomic mass is 9.94. The fourth-order valence-electron chi connectivity index (χ4n) is 5.52. The number of hydrogen-bond donors (Lipinski definition) is 1. The number of benzene rings is 2. The third kappa shape index (κ3) is 3.94. The zero-order valence-corrected chi connectivity index (χ0v) is 17.3. The second-order valence-corrected chi connectivity index (χ2v) is 8.93. The van der Waals surface area contributed by atoms with Crippen molar-refractivity contribution in [3.63, 3.8) is 0 Å². The van der Waals surface area contributed by atoms with Crippen LogP contribution in [0.25, 0.3) is 21.8 Å². The van der Waals surface area contributed by atoms with Gasteiger partial charge >= 0.3 is 0 Å². The third-order valence-electron chi connectivity index (χ3n) is 7.04. The van der Waals surface area contributed by atoms with E-state index in [4.69, 9.17) is 0 Å². The van der Waals surface area contributed by atoms with E-state index < -0.39 is 0 Å². The van der Waals surface area contributed by atoms with E-state index in [9.17, 15) is 5.11 Å². The van der Waals surface area contributed by atoms with Crippen LogP contribution in [0.4, 0.5) is 0 Å². The minimum absolute atomic E-state index is 0.351. The van der Waals surface area contributed by atoms with E-state index in [2.05, 4.69) is 62.9 Å². The summed E-state index contributed by atoms with van der Waals surface area (Å²) in [5, 5.41) is 13.5. The van der Waals surface area contributed by atoms with E-state index in [0.717, 1.165) is 38.8 Å². The first kappa shape index (κ1) is 19.1. The predicted octanol–water partition coefficient (Wildman–Crippen LogP) is 4.11. The summed E-state index contributed by atoms with van der Waals surface area (Å²) in [7, 11) is 0. The molecule has 0 amide bonds. The van der Waals surface area contributed by atoms with Gasteiger partial charge in [0.15, 0.2) is 0 Å². The van der Waals surface area contributed by atoms with Gasteiger partial charge in [-0.05, 0) is 25.0 Å². The van der Waals surface area contributed by atoms with Crippen molar-refractivity contribution in [1.29, 1.82) is 0 Å². The summed E-state index contributed by atoms with van der Waals surface area (Å²) < 4.78 is 2.30. The van der Waals surface area contributed by atoms with Gasteiger partial charge < -0.3 is 9.67 Å². The molecule has 154 valence electrons. The summed E-state index contributed by atoms with van der Waals surface area (Å²) in [4.78, 5) is 5.16. The van der Waals surface area contributed by atoms with Gasteiger partial charge in [0.2, 0.25) is 0 Å². The minimum atomic E-state index is -0.351. The lowest BCUT2D eigenvalue weighted by Gasteiger charge is -2.41. The van der Waals surface area contributed by atoms with E-state index in [1.807, 2.05) is 0 Å². The SMILES string of the molecule is O[C@H](CN1CCN(C2CCCCC2)CC1)Cn1c2ccccc2c2ccccc21. The van der Waals surface area contributed by atoms with Crippen LogP contribution in [-0.2, 0) is 6.54 Å². The molecule has 3 aromatic rings. The van der Waals surface area contributed by atoms with Gasteiger partial charge in [-0.3, -0.25) is 9.80 Å². The molecule has 2 fully saturated rings. The highest BCUT2D eigenvalue weighted by atomic mass is 16.3. The Labute approximate surface area is 173 Å². The van der Waals surface area contributed by atoms with Crippen LogP contribution in [-0.4, -0.2) is 64.3 Å². The van der Waals surface area contributed by atoms with E-state index in [-0.39, 0.29) is 6.10 Å². The number of piperazine rings is 1. The predicted molar refractivity (Wildman–Crippen MR) is 120 cm³/mol. The van der Waals surface area contributed by atoms with Gasteiger partial charge in [0.05, 0.1) is 12.6 Å². The number of fused-ring (bicyclic) bond motifs is 3. The molecule has 4 nitrogen and oxygen atoms in total. The van der Waals surface area contributed by atoms with Crippen LogP contribution < -0.4 is 0 Å². The molecule has 0 spiro atoms. The van der Waals surface area contributed by atoms with Crippen LogP contribution in [0.3, 0.4) is 0 Å². The van der Waals surface area contributed by atoms with Gasteiger partial charge in [0, 0.05) is 60.6 Å². The summed E-state index contributed by atoms with van der Waals surface area (Å²) in [6.07, 6.45) is 6.65. The van der Waals surface area contributed by atoms with Gasteiger partial charge in [0.25, 0.3) is 0 Å². The molecule has 4 heteroatoms. The van der Waals surface area contributed by atoms with Gasteiger partial charge in [0.1, 0.15) is 0 Å². The first-order chi connectivity index (χ1) is 14.3. The molecule has 2 heterocycles. The second-order valence-electron chi connectivity index (χ2n) is 8.93. The van der Waals surface area contributed by atoms with Crippen molar-refractivity contribution in [2.24, 2.45) is 0 Å². The van der Waals surface area contributed by atoms with Gasteiger partial charge in [-0.15, -0.1) is 0 Å².